The molecule has 0 saturated carbocycles. The number of halogens is 3. The number of likely N-dealkylation sites (tertiary alicyclic amines) is 1. The third-order valence-corrected chi connectivity index (χ3v) is 4.69. The van der Waals surface area contributed by atoms with Crippen molar-refractivity contribution in [1.29, 1.82) is 0 Å². The molecule has 1 fully saturated rings. The van der Waals surface area contributed by atoms with Gasteiger partial charge in [-0.2, -0.15) is 13.2 Å². The van der Waals surface area contributed by atoms with E-state index in [1.54, 1.807) is 0 Å². The number of hydrogen-bond donors (Lipinski definition) is 2. The zero-order valence-electron chi connectivity index (χ0n) is 13.0. The minimum atomic E-state index is -4.26. The molecule has 12 heteroatoms. The highest BCUT2D eigenvalue weighted by Crippen LogP contribution is 2.26. The molecule has 8 nitrogen and oxygen atoms in total. The zero-order chi connectivity index (χ0) is 18.8. The molecular weight excluding hydrogens is 365 g/mol. The number of non-ortho nitro benzene ring substituents is 1. The molecule has 1 aliphatic rings. The standard InChI is InChI=1S/C13H17F3N4O4S/c14-13(15,16)8-19-2-1-9(7-19)6-18-10-3-11(20(21)22)5-12(4-10)25(17,23)24/h3-5,9,18H,1-2,6-8H2,(H2,17,23,24). The van der Waals surface area contributed by atoms with E-state index in [2.05, 4.69) is 5.32 Å². The minimum Gasteiger partial charge on any atom is -0.384 e. The van der Waals surface area contributed by atoms with Crippen LogP contribution in [0.2, 0.25) is 0 Å². The van der Waals surface area contributed by atoms with E-state index < -0.39 is 38.3 Å². The summed E-state index contributed by atoms with van der Waals surface area (Å²) in [6, 6.07) is 3.16. The lowest BCUT2D eigenvalue weighted by Crippen LogP contribution is -2.33. The van der Waals surface area contributed by atoms with E-state index in [0.717, 1.165) is 18.2 Å². The Morgan fingerprint density at radius 2 is 2.04 bits per heavy atom. The molecule has 0 amide bonds. The monoisotopic (exact) mass is 382 g/mol. The van der Waals surface area contributed by atoms with Crippen LogP contribution < -0.4 is 10.5 Å². The molecule has 1 saturated heterocycles. The normalized spacial score (nSPS) is 19.1. The van der Waals surface area contributed by atoms with E-state index in [9.17, 15) is 31.7 Å². The molecule has 1 aliphatic heterocycles. The fourth-order valence-electron chi connectivity index (χ4n) is 2.69. The van der Waals surface area contributed by atoms with Gasteiger partial charge in [-0.1, -0.05) is 0 Å². The lowest BCUT2D eigenvalue weighted by Gasteiger charge is -2.18. The first kappa shape index (κ1) is 19.4. The Bertz CT molecular complexity index is 754. The molecule has 0 aromatic heterocycles. The van der Waals surface area contributed by atoms with Gasteiger partial charge in [-0.25, -0.2) is 13.6 Å². The van der Waals surface area contributed by atoms with Crippen molar-refractivity contribution in [2.45, 2.75) is 17.5 Å². The van der Waals surface area contributed by atoms with E-state index in [1.807, 2.05) is 0 Å². The maximum atomic E-state index is 12.4. The molecule has 0 radical (unpaired) electrons. The van der Waals surface area contributed by atoms with Crippen LogP contribution in [0, 0.1) is 16.0 Å². The fraction of sp³-hybridized carbons (Fsp3) is 0.538. The highest BCUT2D eigenvalue weighted by atomic mass is 32.2. The van der Waals surface area contributed by atoms with Crippen molar-refractivity contribution in [3.8, 4) is 0 Å². The number of nitro groups is 1. The van der Waals surface area contributed by atoms with Crippen LogP contribution in [0.1, 0.15) is 6.42 Å². The minimum absolute atomic E-state index is 0.0838. The van der Waals surface area contributed by atoms with Gasteiger partial charge in [0.1, 0.15) is 0 Å². The molecule has 0 aliphatic carbocycles. The molecule has 1 aromatic rings. The summed E-state index contributed by atoms with van der Waals surface area (Å²) in [5.74, 6) is -0.0838. The second kappa shape index (κ2) is 7.14. The molecule has 1 unspecified atom stereocenters. The molecule has 1 atom stereocenters. The molecule has 3 N–H and O–H groups in total. The number of alkyl halides is 3. The Morgan fingerprint density at radius 3 is 2.60 bits per heavy atom. The van der Waals surface area contributed by atoms with Gasteiger partial charge in [-0.3, -0.25) is 15.0 Å². The number of benzene rings is 1. The van der Waals surface area contributed by atoms with E-state index in [-0.39, 0.29) is 24.7 Å². The van der Waals surface area contributed by atoms with Crippen LogP contribution in [0.4, 0.5) is 24.5 Å². The van der Waals surface area contributed by atoms with Crippen LogP contribution in [0.5, 0.6) is 0 Å². The van der Waals surface area contributed by atoms with Gasteiger partial charge in [0.25, 0.3) is 5.69 Å². The molecule has 1 aromatic carbocycles. The summed E-state index contributed by atoms with van der Waals surface area (Å²) >= 11 is 0. The predicted octanol–water partition coefficient (Wildman–Crippen LogP) is 1.54. The maximum Gasteiger partial charge on any atom is 0.401 e. The van der Waals surface area contributed by atoms with Gasteiger partial charge < -0.3 is 5.32 Å². The van der Waals surface area contributed by atoms with Crippen LogP contribution in [-0.2, 0) is 10.0 Å². The molecule has 25 heavy (non-hydrogen) atoms. The number of sulfonamides is 1. The van der Waals surface area contributed by atoms with Crippen LogP contribution in [0.3, 0.4) is 0 Å². The topological polar surface area (TPSA) is 119 Å². The van der Waals surface area contributed by atoms with E-state index in [0.29, 0.717) is 13.0 Å². The lowest BCUT2D eigenvalue weighted by atomic mass is 10.1. The van der Waals surface area contributed by atoms with Crippen LogP contribution in [0.25, 0.3) is 0 Å². The van der Waals surface area contributed by atoms with E-state index >= 15 is 0 Å². The van der Waals surface area contributed by atoms with Crippen molar-refractivity contribution in [2.24, 2.45) is 11.1 Å². The number of nitro benzene ring substituents is 1. The summed E-state index contributed by atoms with van der Waals surface area (Å²) in [6.07, 6.45) is -3.72. The number of rotatable bonds is 6. The SMILES string of the molecule is NS(=O)(=O)c1cc(NCC2CCN(CC(F)(F)F)C2)cc([N+](=O)[O-])c1. The van der Waals surface area contributed by atoms with Gasteiger partial charge in [0.15, 0.2) is 0 Å². The molecule has 0 spiro atoms. The largest absolute Gasteiger partial charge is 0.401 e. The first-order chi connectivity index (χ1) is 11.4. The number of nitrogens with zero attached hydrogens (tertiary/aromatic N) is 2. The molecular formula is C13H17F3N4O4S. The summed E-state index contributed by atoms with van der Waals surface area (Å²) in [5.41, 5.74) is -0.272. The first-order valence-electron chi connectivity index (χ1n) is 7.29. The van der Waals surface area contributed by atoms with Crippen LogP contribution in [-0.4, -0.2) is 50.6 Å². The van der Waals surface area contributed by atoms with Gasteiger partial charge in [-0.05, 0) is 24.9 Å². The summed E-state index contributed by atoms with van der Waals surface area (Å²) in [4.78, 5) is 11.0. The number of nitrogens with one attached hydrogen (secondary N) is 1. The Kier molecular flexibility index (Phi) is 5.54. The summed E-state index contributed by atoms with van der Waals surface area (Å²) < 4.78 is 59.9. The lowest BCUT2D eigenvalue weighted by molar-refractivity contribution is -0.385. The van der Waals surface area contributed by atoms with Gasteiger partial charge in [-0.15, -0.1) is 0 Å². The Morgan fingerprint density at radius 1 is 1.36 bits per heavy atom. The summed E-state index contributed by atoms with van der Waals surface area (Å²) in [6.45, 7) is -0.165. The van der Waals surface area contributed by atoms with Crippen molar-refractivity contribution in [3.05, 3.63) is 28.3 Å². The van der Waals surface area contributed by atoms with Gasteiger partial charge in [0.05, 0.1) is 16.4 Å². The summed E-state index contributed by atoms with van der Waals surface area (Å²) in [5, 5.41) is 18.7. The second-order valence-corrected chi connectivity index (χ2v) is 7.47. The summed E-state index contributed by atoms with van der Waals surface area (Å²) in [7, 11) is -4.13. The van der Waals surface area contributed by atoms with Crippen LogP contribution in [0.15, 0.2) is 23.1 Å². The molecule has 1 heterocycles. The van der Waals surface area contributed by atoms with Crippen LogP contribution >= 0.6 is 0 Å². The Labute approximate surface area is 142 Å². The van der Waals surface area contributed by atoms with Gasteiger partial charge >= 0.3 is 6.18 Å². The number of primary sulfonamides is 1. The van der Waals surface area contributed by atoms with Crippen molar-refractivity contribution >= 4 is 21.4 Å². The fourth-order valence-corrected chi connectivity index (χ4v) is 3.27. The number of nitrogens with two attached hydrogens (primary N) is 1. The molecule has 2 rings (SSSR count). The van der Waals surface area contributed by atoms with Crippen molar-refractivity contribution < 1.29 is 26.5 Å². The highest BCUT2D eigenvalue weighted by molar-refractivity contribution is 7.89. The second-order valence-electron chi connectivity index (χ2n) is 5.90. The Balaban J connectivity index is 2.04. The third kappa shape index (κ3) is 5.83. The van der Waals surface area contributed by atoms with E-state index in [4.69, 9.17) is 5.14 Å². The van der Waals surface area contributed by atoms with Crippen molar-refractivity contribution in [2.75, 3.05) is 31.5 Å². The Hall–Kier alpha value is -1.92. The maximum absolute atomic E-state index is 12.4. The van der Waals surface area contributed by atoms with Crippen molar-refractivity contribution in [3.63, 3.8) is 0 Å². The average molecular weight is 382 g/mol. The number of hydrogen-bond acceptors (Lipinski definition) is 6. The van der Waals surface area contributed by atoms with Crippen molar-refractivity contribution in [1.82, 2.24) is 4.90 Å². The quantitative estimate of drug-likeness (QED) is 0.569. The third-order valence-electron chi connectivity index (χ3n) is 3.80. The molecule has 140 valence electrons. The smallest absolute Gasteiger partial charge is 0.384 e. The van der Waals surface area contributed by atoms with E-state index in [1.165, 1.54) is 4.90 Å². The number of anilines is 1. The van der Waals surface area contributed by atoms with Gasteiger partial charge in [0, 0.05) is 30.9 Å². The predicted molar refractivity (Wildman–Crippen MR) is 83.6 cm³/mol. The zero-order valence-corrected chi connectivity index (χ0v) is 13.8. The average Bonchev–Trinajstić information content (AvgIpc) is 2.89. The highest BCUT2D eigenvalue weighted by Gasteiger charge is 2.34. The van der Waals surface area contributed by atoms with Gasteiger partial charge in [0.2, 0.25) is 10.0 Å². The molecule has 0 bridgehead atoms. The first-order valence-corrected chi connectivity index (χ1v) is 8.84.